The molecule has 2 aromatic carbocycles. The number of likely N-dealkylation sites (N-methyl/N-ethyl adjacent to an activating group) is 1. The van der Waals surface area contributed by atoms with Crippen molar-refractivity contribution in [3.63, 3.8) is 0 Å². The normalized spacial score (nSPS) is 12.3. The van der Waals surface area contributed by atoms with Gasteiger partial charge in [0.15, 0.2) is 0 Å². The van der Waals surface area contributed by atoms with Crippen LogP contribution < -0.4 is 5.32 Å². The van der Waals surface area contributed by atoms with Gasteiger partial charge in [-0.1, -0.05) is 60.7 Å². The Morgan fingerprint density at radius 3 is 2.16 bits per heavy atom. The molecular formula is C18H23N. The molecule has 2 rings (SSSR count). The molecule has 0 heterocycles. The third kappa shape index (κ3) is 4.53. The molecule has 1 atom stereocenters. The Morgan fingerprint density at radius 1 is 0.895 bits per heavy atom. The van der Waals surface area contributed by atoms with Crippen LogP contribution in [0.4, 0.5) is 0 Å². The maximum absolute atomic E-state index is 3.31. The largest absolute Gasteiger partial charge is 0.319 e. The van der Waals surface area contributed by atoms with Crippen molar-refractivity contribution in [2.75, 3.05) is 13.6 Å². The molecule has 0 saturated carbocycles. The minimum absolute atomic E-state index is 0.620. The molecule has 0 bridgehead atoms. The van der Waals surface area contributed by atoms with Gasteiger partial charge in [-0.3, -0.25) is 0 Å². The van der Waals surface area contributed by atoms with E-state index >= 15 is 0 Å². The first-order valence-corrected chi connectivity index (χ1v) is 7.13. The van der Waals surface area contributed by atoms with Gasteiger partial charge in [-0.05, 0) is 43.4 Å². The predicted octanol–water partition coefficient (Wildman–Crippen LogP) is 4.01. The monoisotopic (exact) mass is 253 g/mol. The fourth-order valence-corrected chi connectivity index (χ4v) is 2.56. The lowest BCUT2D eigenvalue weighted by molar-refractivity contribution is 0.560. The third-order valence-electron chi connectivity index (χ3n) is 3.58. The second kappa shape index (κ2) is 7.75. The van der Waals surface area contributed by atoms with Gasteiger partial charge in [0.05, 0.1) is 0 Å². The molecule has 100 valence electrons. The second-order valence-electron chi connectivity index (χ2n) is 5.04. The van der Waals surface area contributed by atoms with Crippen LogP contribution in [-0.2, 0) is 6.42 Å². The molecule has 1 nitrogen and oxygen atoms in total. The van der Waals surface area contributed by atoms with E-state index in [9.17, 15) is 0 Å². The highest BCUT2D eigenvalue weighted by molar-refractivity contribution is 5.20. The molecular weight excluding hydrogens is 230 g/mol. The highest BCUT2D eigenvalue weighted by atomic mass is 14.8. The Morgan fingerprint density at radius 2 is 1.53 bits per heavy atom. The molecule has 0 aliphatic carbocycles. The van der Waals surface area contributed by atoms with Crippen LogP contribution in [0.15, 0.2) is 60.7 Å². The first-order valence-electron chi connectivity index (χ1n) is 7.13. The molecule has 0 aliphatic heterocycles. The van der Waals surface area contributed by atoms with Crippen LogP contribution in [0.5, 0.6) is 0 Å². The number of rotatable bonds is 7. The van der Waals surface area contributed by atoms with Crippen molar-refractivity contribution >= 4 is 0 Å². The number of benzene rings is 2. The smallest absolute Gasteiger partial charge is 0.00171 e. The van der Waals surface area contributed by atoms with E-state index in [1.54, 1.807) is 0 Å². The number of hydrogen-bond acceptors (Lipinski definition) is 1. The zero-order valence-corrected chi connectivity index (χ0v) is 11.7. The van der Waals surface area contributed by atoms with Gasteiger partial charge in [0, 0.05) is 6.54 Å². The van der Waals surface area contributed by atoms with Gasteiger partial charge < -0.3 is 5.32 Å². The lowest BCUT2D eigenvalue weighted by atomic mass is 9.92. The van der Waals surface area contributed by atoms with Gasteiger partial charge in [0.1, 0.15) is 0 Å². The molecule has 1 heteroatoms. The molecule has 0 saturated heterocycles. The first-order chi connectivity index (χ1) is 9.40. The molecule has 19 heavy (non-hydrogen) atoms. The zero-order valence-electron chi connectivity index (χ0n) is 11.7. The standard InChI is InChI=1S/C18H23N/c1-19-15-18(17-12-6-3-7-13-17)14-8-11-16-9-4-2-5-10-16/h2-7,9-10,12-13,18-19H,8,11,14-15H2,1H3/t18-/m1/s1. The number of nitrogens with one attached hydrogen (secondary N) is 1. The maximum atomic E-state index is 3.31. The van der Waals surface area contributed by atoms with Gasteiger partial charge >= 0.3 is 0 Å². The van der Waals surface area contributed by atoms with Crippen LogP contribution >= 0.6 is 0 Å². The van der Waals surface area contributed by atoms with E-state index in [0.29, 0.717) is 5.92 Å². The molecule has 0 spiro atoms. The van der Waals surface area contributed by atoms with Crippen LogP contribution in [0.25, 0.3) is 0 Å². The van der Waals surface area contributed by atoms with Crippen LogP contribution in [-0.4, -0.2) is 13.6 Å². The minimum atomic E-state index is 0.620. The van der Waals surface area contributed by atoms with Crippen LogP contribution in [0.1, 0.15) is 29.9 Å². The van der Waals surface area contributed by atoms with E-state index in [0.717, 1.165) is 6.54 Å². The zero-order chi connectivity index (χ0) is 13.3. The fraction of sp³-hybridized carbons (Fsp3) is 0.333. The van der Waals surface area contributed by atoms with Crippen molar-refractivity contribution in [1.82, 2.24) is 5.32 Å². The summed E-state index contributed by atoms with van der Waals surface area (Å²) in [7, 11) is 2.03. The number of aryl methyl sites for hydroxylation is 1. The van der Waals surface area contributed by atoms with E-state index in [1.165, 1.54) is 30.4 Å². The molecule has 0 radical (unpaired) electrons. The molecule has 0 fully saturated rings. The topological polar surface area (TPSA) is 12.0 Å². The lowest BCUT2D eigenvalue weighted by Gasteiger charge is -2.17. The van der Waals surface area contributed by atoms with Crippen LogP contribution in [0, 0.1) is 0 Å². The quantitative estimate of drug-likeness (QED) is 0.786. The van der Waals surface area contributed by atoms with Gasteiger partial charge in [0.25, 0.3) is 0 Å². The van der Waals surface area contributed by atoms with E-state index < -0.39 is 0 Å². The van der Waals surface area contributed by atoms with Crippen molar-refractivity contribution in [1.29, 1.82) is 0 Å². The Balaban J connectivity index is 1.87. The maximum Gasteiger partial charge on any atom is 0.00171 e. The summed E-state index contributed by atoms with van der Waals surface area (Å²) < 4.78 is 0. The summed E-state index contributed by atoms with van der Waals surface area (Å²) >= 11 is 0. The Bertz CT molecular complexity index is 450. The van der Waals surface area contributed by atoms with Gasteiger partial charge in [-0.15, -0.1) is 0 Å². The third-order valence-corrected chi connectivity index (χ3v) is 3.58. The minimum Gasteiger partial charge on any atom is -0.319 e. The van der Waals surface area contributed by atoms with E-state index in [4.69, 9.17) is 0 Å². The van der Waals surface area contributed by atoms with Crippen molar-refractivity contribution in [3.8, 4) is 0 Å². The highest BCUT2D eigenvalue weighted by Crippen LogP contribution is 2.21. The van der Waals surface area contributed by atoms with Crippen molar-refractivity contribution in [2.45, 2.75) is 25.2 Å². The van der Waals surface area contributed by atoms with Crippen molar-refractivity contribution in [3.05, 3.63) is 71.8 Å². The summed E-state index contributed by atoms with van der Waals surface area (Å²) in [6.07, 6.45) is 3.65. The first kappa shape index (κ1) is 13.8. The van der Waals surface area contributed by atoms with Crippen LogP contribution in [0.3, 0.4) is 0 Å². The summed E-state index contributed by atoms with van der Waals surface area (Å²) in [5, 5.41) is 3.31. The SMILES string of the molecule is CNC[C@@H](CCCc1ccccc1)c1ccccc1. The Hall–Kier alpha value is -1.60. The average Bonchev–Trinajstić information content (AvgIpc) is 2.48. The van der Waals surface area contributed by atoms with Gasteiger partial charge in [-0.2, -0.15) is 0 Å². The summed E-state index contributed by atoms with van der Waals surface area (Å²) in [4.78, 5) is 0. The molecule has 0 aliphatic rings. The average molecular weight is 253 g/mol. The highest BCUT2D eigenvalue weighted by Gasteiger charge is 2.09. The fourth-order valence-electron chi connectivity index (χ4n) is 2.56. The summed E-state index contributed by atoms with van der Waals surface area (Å²) in [5.41, 5.74) is 2.89. The molecule has 1 N–H and O–H groups in total. The van der Waals surface area contributed by atoms with Crippen molar-refractivity contribution < 1.29 is 0 Å². The van der Waals surface area contributed by atoms with Gasteiger partial charge in [0.2, 0.25) is 0 Å². The summed E-state index contributed by atoms with van der Waals surface area (Å²) in [6.45, 7) is 1.05. The summed E-state index contributed by atoms with van der Waals surface area (Å²) in [5.74, 6) is 0.620. The summed E-state index contributed by atoms with van der Waals surface area (Å²) in [6, 6.07) is 21.6. The van der Waals surface area contributed by atoms with E-state index in [1.807, 2.05) is 7.05 Å². The van der Waals surface area contributed by atoms with Crippen molar-refractivity contribution in [2.24, 2.45) is 0 Å². The Labute approximate surface area is 116 Å². The van der Waals surface area contributed by atoms with Gasteiger partial charge in [-0.25, -0.2) is 0 Å². The van der Waals surface area contributed by atoms with E-state index in [2.05, 4.69) is 66.0 Å². The van der Waals surface area contributed by atoms with Crippen LogP contribution in [0.2, 0.25) is 0 Å². The predicted molar refractivity (Wildman–Crippen MR) is 82.5 cm³/mol. The molecule has 0 amide bonds. The molecule has 2 aromatic rings. The molecule has 0 unspecified atom stereocenters. The van der Waals surface area contributed by atoms with E-state index in [-0.39, 0.29) is 0 Å². The molecule has 0 aromatic heterocycles. The second-order valence-corrected chi connectivity index (χ2v) is 5.04. The Kier molecular flexibility index (Phi) is 5.64. The number of hydrogen-bond donors (Lipinski definition) is 1. The lowest BCUT2D eigenvalue weighted by Crippen LogP contribution is -2.17.